The highest BCUT2D eigenvalue weighted by Gasteiger charge is 2.14. The molecule has 0 aliphatic carbocycles. The van der Waals surface area contributed by atoms with Crippen molar-refractivity contribution in [3.63, 3.8) is 0 Å². The predicted molar refractivity (Wildman–Crippen MR) is 101 cm³/mol. The largest absolute Gasteiger partial charge is 0.496 e. The van der Waals surface area contributed by atoms with Crippen molar-refractivity contribution in [3.8, 4) is 5.75 Å². The minimum atomic E-state index is -0.482. The lowest BCUT2D eigenvalue weighted by molar-refractivity contribution is -0.121. The van der Waals surface area contributed by atoms with Crippen LogP contribution in [0.15, 0.2) is 42.5 Å². The van der Waals surface area contributed by atoms with Crippen molar-refractivity contribution in [2.45, 2.75) is 19.4 Å². The maximum absolute atomic E-state index is 12.1. The molecule has 3 aromatic rings. The molecule has 0 bridgehead atoms. The molecule has 1 aromatic heterocycles. The Morgan fingerprint density at radius 2 is 1.96 bits per heavy atom. The Labute approximate surface area is 156 Å². The van der Waals surface area contributed by atoms with Crippen LogP contribution in [0.4, 0.5) is 0 Å². The summed E-state index contributed by atoms with van der Waals surface area (Å²) in [5.74, 6) is 0.640. The molecule has 0 saturated carbocycles. The van der Waals surface area contributed by atoms with Gasteiger partial charge in [0.25, 0.3) is 0 Å². The summed E-state index contributed by atoms with van der Waals surface area (Å²) >= 11 is 0. The highest BCUT2D eigenvalue weighted by atomic mass is 16.5. The Hall–Kier alpha value is -3.35. The van der Waals surface area contributed by atoms with Crippen LogP contribution in [-0.4, -0.2) is 36.1 Å². The number of amides is 1. The Balaban J connectivity index is 1.56. The Kier molecular flexibility index (Phi) is 5.71. The fourth-order valence-electron chi connectivity index (χ4n) is 2.78. The van der Waals surface area contributed by atoms with E-state index in [0.29, 0.717) is 30.7 Å². The number of H-pyrrole nitrogens is 1. The average molecular weight is 367 g/mol. The number of para-hydroxylation sites is 2. The van der Waals surface area contributed by atoms with Gasteiger partial charge in [0.1, 0.15) is 17.1 Å². The third-order valence-corrected chi connectivity index (χ3v) is 4.19. The number of nitrogens with zero attached hydrogens (tertiary/aromatic N) is 1. The molecule has 3 rings (SSSR count). The number of aromatic amines is 1. The maximum atomic E-state index is 12.1. The first-order valence-electron chi connectivity index (χ1n) is 8.56. The lowest BCUT2D eigenvalue weighted by atomic mass is 10.1. The molecule has 0 unspecified atom stereocenters. The second kappa shape index (κ2) is 8.35. The number of carbonyl (C=O) groups is 2. The van der Waals surface area contributed by atoms with Gasteiger partial charge in [0.2, 0.25) is 5.91 Å². The summed E-state index contributed by atoms with van der Waals surface area (Å²) in [5.41, 5.74) is 2.96. The fraction of sp³-hybridized carbons (Fsp3) is 0.250. The van der Waals surface area contributed by atoms with Gasteiger partial charge in [-0.25, -0.2) is 9.78 Å². The number of hydrogen-bond acceptors (Lipinski definition) is 5. The summed E-state index contributed by atoms with van der Waals surface area (Å²) < 4.78 is 9.92. The Bertz CT molecular complexity index is 932. The van der Waals surface area contributed by atoms with E-state index >= 15 is 0 Å². The first-order chi connectivity index (χ1) is 13.1. The number of nitrogens with one attached hydrogen (secondary N) is 2. The molecule has 0 spiro atoms. The molecule has 27 heavy (non-hydrogen) atoms. The molecule has 0 fully saturated rings. The third-order valence-electron chi connectivity index (χ3n) is 4.19. The molecular weight excluding hydrogens is 346 g/mol. The van der Waals surface area contributed by atoms with Gasteiger partial charge in [-0.15, -0.1) is 0 Å². The molecule has 0 atom stereocenters. The number of hydrogen-bond donors (Lipinski definition) is 2. The van der Waals surface area contributed by atoms with Gasteiger partial charge in [-0.3, -0.25) is 4.79 Å². The van der Waals surface area contributed by atoms with Crippen molar-refractivity contribution in [1.82, 2.24) is 15.3 Å². The van der Waals surface area contributed by atoms with Crippen molar-refractivity contribution in [1.29, 1.82) is 0 Å². The van der Waals surface area contributed by atoms with Crippen LogP contribution in [0.5, 0.6) is 5.75 Å². The van der Waals surface area contributed by atoms with Gasteiger partial charge in [-0.05, 0) is 29.8 Å². The summed E-state index contributed by atoms with van der Waals surface area (Å²) in [6.45, 7) is 0.312. The fourth-order valence-corrected chi connectivity index (χ4v) is 2.78. The SMILES string of the molecule is COC(=O)c1cc(CNC(=O)CCc2nc3ccccc3[nH]2)ccc1OC. The first kappa shape index (κ1) is 18.4. The molecular formula is C20H21N3O4. The minimum absolute atomic E-state index is 0.0918. The van der Waals surface area contributed by atoms with E-state index in [4.69, 9.17) is 9.47 Å². The van der Waals surface area contributed by atoms with E-state index in [-0.39, 0.29) is 5.91 Å². The number of aromatic nitrogens is 2. The second-order valence-electron chi connectivity index (χ2n) is 6.00. The van der Waals surface area contributed by atoms with E-state index in [9.17, 15) is 9.59 Å². The second-order valence-corrected chi connectivity index (χ2v) is 6.00. The van der Waals surface area contributed by atoms with Gasteiger partial charge in [-0.2, -0.15) is 0 Å². The van der Waals surface area contributed by atoms with Crippen LogP contribution in [0.25, 0.3) is 11.0 Å². The standard InChI is InChI=1S/C20H21N3O4/c1-26-17-8-7-13(11-14(17)20(25)27-2)12-21-19(24)10-9-18-22-15-5-3-4-6-16(15)23-18/h3-8,11H,9-10,12H2,1-2H3,(H,21,24)(H,22,23). The Morgan fingerprint density at radius 3 is 2.70 bits per heavy atom. The van der Waals surface area contributed by atoms with E-state index in [1.165, 1.54) is 14.2 Å². The molecule has 0 aliphatic rings. The molecule has 7 nitrogen and oxygen atoms in total. The van der Waals surface area contributed by atoms with Crippen molar-refractivity contribution < 1.29 is 19.1 Å². The van der Waals surface area contributed by atoms with Gasteiger partial charge >= 0.3 is 5.97 Å². The summed E-state index contributed by atoms with van der Waals surface area (Å²) in [5, 5.41) is 2.85. The highest BCUT2D eigenvalue weighted by Crippen LogP contribution is 2.20. The predicted octanol–water partition coefficient (Wildman–Crippen LogP) is 2.61. The smallest absolute Gasteiger partial charge is 0.341 e. The quantitative estimate of drug-likeness (QED) is 0.626. The van der Waals surface area contributed by atoms with E-state index in [1.54, 1.807) is 18.2 Å². The number of aryl methyl sites for hydroxylation is 1. The van der Waals surface area contributed by atoms with Gasteiger partial charge in [0.05, 0.1) is 25.3 Å². The van der Waals surface area contributed by atoms with Gasteiger partial charge in [0, 0.05) is 19.4 Å². The topological polar surface area (TPSA) is 93.3 Å². The van der Waals surface area contributed by atoms with Gasteiger partial charge in [-0.1, -0.05) is 18.2 Å². The minimum Gasteiger partial charge on any atom is -0.496 e. The molecule has 7 heteroatoms. The van der Waals surface area contributed by atoms with E-state index in [0.717, 1.165) is 22.4 Å². The number of esters is 1. The maximum Gasteiger partial charge on any atom is 0.341 e. The zero-order chi connectivity index (χ0) is 19.2. The van der Waals surface area contributed by atoms with Crippen molar-refractivity contribution in [2.24, 2.45) is 0 Å². The normalized spacial score (nSPS) is 10.6. The zero-order valence-electron chi connectivity index (χ0n) is 15.2. The highest BCUT2D eigenvalue weighted by molar-refractivity contribution is 5.92. The number of imidazole rings is 1. The summed E-state index contributed by atoms with van der Waals surface area (Å²) in [6, 6.07) is 12.9. The van der Waals surface area contributed by atoms with Gasteiger partial charge in [0.15, 0.2) is 0 Å². The molecule has 2 N–H and O–H groups in total. The van der Waals surface area contributed by atoms with Crippen LogP contribution in [-0.2, 0) is 22.5 Å². The van der Waals surface area contributed by atoms with Crippen LogP contribution in [0, 0.1) is 0 Å². The van der Waals surface area contributed by atoms with Crippen molar-refractivity contribution in [2.75, 3.05) is 14.2 Å². The molecule has 1 heterocycles. The number of benzene rings is 2. The first-order valence-corrected chi connectivity index (χ1v) is 8.56. The number of ether oxygens (including phenoxy) is 2. The lowest BCUT2D eigenvalue weighted by Crippen LogP contribution is -2.23. The van der Waals surface area contributed by atoms with Crippen molar-refractivity contribution >= 4 is 22.9 Å². The zero-order valence-corrected chi connectivity index (χ0v) is 15.2. The van der Waals surface area contributed by atoms with Crippen LogP contribution >= 0.6 is 0 Å². The van der Waals surface area contributed by atoms with Crippen LogP contribution in [0.2, 0.25) is 0 Å². The molecule has 0 radical (unpaired) electrons. The van der Waals surface area contributed by atoms with Gasteiger partial charge < -0.3 is 19.8 Å². The monoisotopic (exact) mass is 367 g/mol. The molecule has 0 saturated heterocycles. The number of rotatable bonds is 7. The van der Waals surface area contributed by atoms with Crippen LogP contribution in [0.1, 0.15) is 28.2 Å². The molecule has 1 amide bonds. The summed E-state index contributed by atoms with van der Waals surface area (Å²) in [6.07, 6.45) is 0.844. The van der Waals surface area contributed by atoms with E-state index in [2.05, 4.69) is 15.3 Å². The lowest BCUT2D eigenvalue weighted by Gasteiger charge is -2.10. The molecule has 2 aromatic carbocycles. The van der Waals surface area contributed by atoms with E-state index < -0.39 is 5.97 Å². The number of carbonyl (C=O) groups excluding carboxylic acids is 2. The summed E-state index contributed by atoms with van der Waals surface area (Å²) in [4.78, 5) is 31.6. The molecule has 140 valence electrons. The van der Waals surface area contributed by atoms with Crippen molar-refractivity contribution in [3.05, 3.63) is 59.4 Å². The summed E-state index contributed by atoms with van der Waals surface area (Å²) in [7, 11) is 2.80. The average Bonchev–Trinajstić information content (AvgIpc) is 3.13. The Morgan fingerprint density at radius 1 is 1.15 bits per heavy atom. The van der Waals surface area contributed by atoms with Crippen LogP contribution < -0.4 is 10.1 Å². The van der Waals surface area contributed by atoms with E-state index in [1.807, 2.05) is 24.3 Å². The molecule has 0 aliphatic heterocycles. The van der Waals surface area contributed by atoms with Crippen LogP contribution in [0.3, 0.4) is 0 Å². The number of methoxy groups -OCH3 is 2. The third kappa shape index (κ3) is 4.44. The number of fused-ring (bicyclic) bond motifs is 1.